The third kappa shape index (κ3) is 8.50. The molecular formula is C18H27FePPd. The van der Waals surface area contributed by atoms with Crippen molar-refractivity contribution in [2.24, 2.45) is 0 Å². The van der Waals surface area contributed by atoms with Gasteiger partial charge in [-0.05, 0) is 10.3 Å². The van der Waals surface area contributed by atoms with Gasteiger partial charge >= 0.3 is 17.1 Å². The summed E-state index contributed by atoms with van der Waals surface area (Å²) in [4.78, 5) is 0. The molecule has 0 amide bonds. The van der Waals surface area contributed by atoms with Crippen molar-refractivity contribution in [3.63, 3.8) is 0 Å². The third-order valence-corrected chi connectivity index (χ3v) is 6.30. The Kier molecular flexibility index (Phi) is 11.4. The first-order valence-electron chi connectivity index (χ1n) is 6.91. The van der Waals surface area contributed by atoms with Crippen molar-refractivity contribution in [1.29, 1.82) is 0 Å². The summed E-state index contributed by atoms with van der Waals surface area (Å²) in [6.07, 6.45) is 0. The van der Waals surface area contributed by atoms with E-state index in [1.807, 2.05) is 30.3 Å². The number of hydrogen-bond donors (Lipinski definition) is 0. The van der Waals surface area contributed by atoms with Gasteiger partial charge in [-0.3, -0.25) is 0 Å². The van der Waals surface area contributed by atoms with Gasteiger partial charge in [-0.1, -0.05) is 49.5 Å². The molecule has 2 rings (SSSR count). The molecule has 0 aromatic heterocycles. The summed E-state index contributed by atoms with van der Waals surface area (Å²) in [6, 6.07) is 18.9. The molecule has 0 aliphatic heterocycles. The Labute approximate surface area is 156 Å². The SMILES string of the molecule is CC(C)(C)P(c1ccc[cH-]1)C(C)(C)C.[Fe+2].[Pd].c1cc[cH-]c1. The maximum atomic E-state index is 2.36. The molecule has 3 heteroatoms. The molecule has 0 aliphatic carbocycles. The van der Waals surface area contributed by atoms with Crippen LogP contribution in [0.2, 0.25) is 0 Å². The van der Waals surface area contributed by atoms with Crippen molar-refractivity contribution in [3.8, 4) is 0 Å². The van der Waals surface area contributed by atoms with Crippen LogP contribution < -0.4 is 5.30 Å². The Balaban J connectivity index is 0. The average molecular weight is 437 g/mol. The fourth-order valence-corrected chi connectivity index (χ4v) is 6.65. The smallest absolute Gasteiger partial charge is 0.214 e. The van der Waals surface area contributed by atoms with E-state index in [0.29, 0.717) is 10.3 Å². The van der Waals surface area contributed by atoms with E-state index in [9.17, 15) is 0 Å². The molecule has 2 aromatic carbocycles. The van der Waals surface area contributed by atoms with Crippen LogP contribution >= 0.6 is 7.92 Å². The number of rotatable bonds is 1. The van der Waals surface area contributed by atoms with Crippen LogP contribution in [0.4, 0.5) is 0 Å². The molecule has 0 fully saturated rings. The Bertz CT molecular complexity index is 401. The van der Waals surface area contributed by atoms with Crippen molar-refractivity contribution in [3.05, 3.63) is 54.6 Å². The molecule has 0 atom stereocenters. The monoisotopic (exact) mass is 436 g/mol. The summed E-state index contributed by atoms with van der Waals surface area (Å²) in [5.74, 6) is 0. The molecule has 122 valence electrons. The van der Waals surface area contributed by atoms with Gasteiger partial charge < -0.3 is 0 Å². The van der Waals surface area contributed by atoms with Crippen molar-refractivity contribution in [2.45, 2.75) is 51.9 Å². The summed E-state index contributed by atoms with van der Waals surface area (Å²) in [7, 11) is -0.101. The van der Waals surface area contributed by atoms with Gasteiger partial charge in [0, 0.05) is 20.4 Å². The molecule has 0 aliphatic rings. The predicted molar refractivity (Wildman–Crippen MR) is 90.1 cm³/mol. The van der Waals surface area contributed by atoms with Gasteiger partial charge in [-0.15, -0.1) is 5.30 Å². The van der Waals surface area contributed by atoms with Crippen LogP contribution in [0, 0.1) is 0 Å². The Hall–Kier alpha value is 0.312. The van der Waals surface area contributed by atoms with E-state index in [2.05, 4.69) is 65.8 Å². The number of hydrogen-bond acceptors (Lipinski definition) is 0. The van der Waals surface area contributed by atoms with Crippen LogP contribution in [-0.4, -0.2) is 10.3 Å². The van der Waals surface area contributed by atoms with E-state index >= 15 is 0 Å². The topological polar surface area (TPSA) is 0 Å². The van der Waals surface area contributed by atoms with Crippen LogP contribution in [0.15, 0.2) is 54.6 Å². The van der Waals surface area contributed by atoms with Crippen LogP contribution in [0.5, 0.6) is 0 Å². The molecule has 0 heterocycles. The molecule has 0 saturated heterocycles. The quantitative estimate of drug-likeness (QED) is 0.314. The fraction of sp³-hybridized carbons (Fsp3) is 0.444. The van der Waals surface area contributed by atoms with Crippen molar-refractivity contribution in [2.75, 3.05) is 0 Å². The van der Waals surface area contributed by atoms with E-state index in [1.165, 1.54) is 0 Å². The predicted octanol–water partition coefficient (Wildman–Crippen LogP) is 5.51. The zero-order valence-corrected chi connectivity index (χ0v) is 17.4. The molecule has 0 unspecified atom stereocenters. The summed E-state index contributed by atoms with van der Waals surface area (Å²) in [6.45, 7) is 14.1. The minimum Gasteiger partial charge on any atom is -0.214 e. The Morgan fingerprint density at radius 3 is 1.52 bits per heavy atom. The standard InChI is InChI=1S/C13H22P.C5H5.Fe.Pd/c1-12(2,3)14(13(4,5)6)11-9-7-8-10-11;1-2-4-5-3-1;;/h7-10H,1-6H3;1-5H;;/q2*-1;+2;. The third-order valence-electron chi connectivity index (χ3n) is 2.80. The first-order valence-corrected chi connectivity index (χ1v) is 8.26. The second-order valence-electron chi connectivity index (χ2n) is 6.78. The van der Waals surface area contributed by atoms with E-state index in [1.54, 1.807) is 5.30 Å². The van der Waals surface area contributed by atoms with E-state index in [4.69, 9.17) is 0 Å². The Morgan fingerprint density at radius 1 is 0.810 bits per heavy atom. The van der Waals surface area contributed by atoms with Gasteiger partial charge in [0.15, 0.2) is 0 Å². The van der Waals surface area contributed by atoms with Crippen LogP contribution in [-0.2, 0) is 37.5 Å². The zero-order valence-electron chi connectivity index (χ0n) is 13.8. The zero-order chi connectivity index (χ0) is 14.5. The second-order valence-corrected chi connectivity index (χ2v) is 10.7. The van der Waals surface area contributed by atoms with Gasteiger partial charge in [-0.2, -0.15) is 30.3 Å². The normalized spacial score (nSPS) is 11.0. The molecule has 0 radical (unpaired) electrons. The minimum atomic E-state index is -0.101. The van der Waals surface area contributed by atoms with Gasteiger partial charge in [-0.25, -0.2) is 24.3 Å². The van der Waals surface area contributed by atoms with Crippen molar-refractivity contribution < 1.29 is 37.5 Å². The molecule has 0 spiro atoms. The molecule has 0 N–H and O–H groups in total. The average Bonchev–Trinajstić information content (AvgIpc) is 2.86. The van der Waals surface area contributed by atoms with E-state index in [-0.39, 0.29) is 45.4 Å². The van der Waals surface area contributed by atoms with Crippen LogP contribution in [0.1, 0.15) is 41.5 Å². The maximum Gasteiger partial charge on any atom is 2.00 e. The van der Waals surface area contributed by atoms with Crippen molar-refractivity contribution >= 4 is 13.2 Å². The summed E-state index contributed by atoms with van der Waals surface area (Å²) in [5, 5.41) is 2.32. The maximum absolute atomic E-state index is 2.36. The van der Waals surface area contributed by atoms with Gasteiger partial charge in [0.05, 0.1) is 0 Å². The van der Waals surface area contributed by atoms with Gasteiger partial charge in [0.2, 0.25) is 0 Å². The first kappa shape index (κ1) is 23.6. The summed E-state index contributed by atoms with van der Waals surface area (Å²) in [5.41, 5.74) is 0. The molecule has 0 saturated carbocycles. The van der Waals surface area contributed by atoms with Crippen molar-refractivity contribution in [1.82, 2.24) is 0 Å². The summed E-state index contributed by atoms with van der Waals surface area (Å²) >= 11 is 0. The van der Waals surface area contributed by atoms with Gasteiger partial charge in [0.1, 0.15) is 0 Å². The summed E-state index contributed by atoms with van der Waals surface area (Å²) < 4.78 is 0. The second kappa shape index (κ2) is 10.2. The fourth-order valence-electron chi connectivity index (χ4n) is 2.61. The molecular weight excluding hydrogens is 409 g/mol. The Morgan fingerprint density at radius 2 is 1.29 bits per heavy atom. The molecule has 2 aromatic rings. The molecule has 21 heavy (non-hydrogen) atoms. The molecule has 0 bridgehead atoms. The van der Waals surface area contributed by atoms with Gasteiger partial charge in [0.25, 0.3) is 0 Å². The van der Waals surface area contributed by atoms with Crippen LogP contribution in [0.3, 0.4) is 0 Å². The minimum absolute atomic E-state index is 0. The van der Waals surface area contributed by atoms with E-state index in [0.717, 1.165) is 0 Å². The van der Waals surface area contributed by atoms with E-state index < -0.39 is 0 Å². The largest absolute Gasteiger partial charge is 2.00 e. The first-order chi connectivity index (χ1) is 8.73. The van der Waals surface area contributed by atoms with Crippen LogP contribution in [0.25, 0.3) is 0 Å². The molecule has 0 nitrogen and oxygen atoms in total.